The van der Waals surface area contributed by atoms with Gasteiger partial charge in [-0.3, -0.25) is 14.5 Å². The lowest BCUT2D eigenvalue weighted by Crippen LogP contribution is -2.33. The fraction of sp³-hybridized carbons (Fsp3) is 0.467. The highest BCUT2D eigenvalue weighted by atomic mass is 35.5. The van der Waals surface area contributed by atoms with Gasteiger partial charge in [-0.15, -0.1) is 0 Å². The second kappa shape index (κ2) is 8.06. The molecule has 2 amide bonds. The van der Waals surface area contributed by atoms with Crippen molar-refractivity contribution in [1.29, 1.82) is 0 Å². The molecule has 9 heteroatoms. The van der Waals surface area contributed by atoms with E-state index in [0.29, 0.717) is 10.6 Å². The van der Waals surface area contributed by atoms with Crippen LogP contribution in [-0.2, 0) is 24.3 Å². The Bertz CT molecular complexity index is 719. The Kier molecular flexibility index (Phi) is 6.34. The Morgan fingerprint density at radius 2 is 1.88 bits per heavy atom. The lowest BCUT2D eigenvalue weighted by Gasteiger charge is -2.14. The minimum atomic E-state index is -3.67. The molecule has 1 aromatic rings. The summed E-state index contributed by atoms with van der Waals surface area (Å²) in [5, 5.41) is 0.383. The molecule has 1 heterocycles. The number of sulfonamides is 1. The largest absolute Gasteiger partial charge is 0.378 e. The highest BCUT2D eigenvalue weighted by Gasteiger charge is 2.28. The third kappa shape index (κ3) is 4.54. The van der Waals surface area contributed by atoms with Gasteiger partial charge in [-0.2, -0.15) is 0 Å². The summed E-state index contributed by atoms with van der Waals surface area (Å²) in [7, 11) is -3.67. The van der Waals surface area contributed by atoms with Crippen molar-refractivity contribution < 1.29 is 22.7 Å². The summed E-state index contributed by atoms with van der Waals surface area (Å²) in [6.07, 6.45) is 0.495. The summed E-state index contributed by atoms with van der Waals surface area (Å²) >= 11 is 5.93. The zero-order valence-corrected chi connectivity index (χ0v) is 14.8. The molecule has 0 radical (unpaired) electrons. The van der Waals surface area contributed by atoms with E-state index in [0.717, 1.165) is 0 Å². The van der Waals surface area contributed by atoms with Gasteiger partial charge in [0, 0.05) is 24.4 Å². The van der Waals surface area contributed by atoms with Gasteiger partial charge in [0.1, 0.15) is 0 Å². The van der Waals surface area contributed by atoms with E-state index in [1.807, 2.05) is 0 Å². The molecule has 0 saturated carbocycles. The Morgan fingerprint density at radius 1 is 1.21 bits per heavy atom. The van der Waals surface area contributed by atoms with Gasteiger partial charge >= 0.3 is 0 Å². The topological polar surface area (TPSA) is 92.8 Å². The number of rotatable bonds is 8. The summed E-state index contributed by atoms with van der Waals surface area (Å²) in [4.78, 5) is 24.1. The average molecular weight is 375 g/mol. The van der Waals surface area contributed by atoms with Gasteiger partial charge in [-0.1, -0.05) is 17.7 Å². The predicted octanol–water partition coefficient (Wildman–Crippen LogP) is 1.09. The Morgan fingerprint density at radius 3 is 2.54 bits per heavy atom. The first-order valence-electron chi connectivity index (χ1n) is 7.48. The maximum Gasteiger partial charge on any atom is 0.240 e. The number of hydrogen-bond donors (Lipinski definition) is 1. The van der Waals surface area contributed by atoms with Crippen LogP contribution in [0.15, 0.2) is 23.1 Å². The van der Waals surface area contributed by atoms with Gasteiger partial charge in [0.15, 0.2) is 0 Å². The number of amides is 2. The molecule has 132 valence electrons. The lowest BCUT2D eigenvalue weighted by atomic mass is 10.2. The number of ether oxygens (including phenoxy) is 1. The molecule has 1 N–H and O–H groups in total. The van der Waals surface area contributed by atoms with Crippen molar-refractivity contribution in [3.63, 3.8) is 0 Å². The van der Waals surface area contributed by atoms with Crippen LogP contribution in [0.5, 0.6) is 0 Å². The molecule has 0 aliphatic carbocycles. The van der Waals surface area contributed by atoms with Crippen LogP contribution in [0, 0.1) is 6.92 Å². The summed E-state index contributed by atoms with van der Waals surface area (Å²) in [6.45, 7) is 2.22. The van der Waals surface area contributed by atoms with Crippen molar-refractivity contribution in [3.8, 4) is 0 Å². The molecule has 1 aromatic carbocycles. The normalized spacial score (nSPS) is 15.3. The number of halogens is 1. The van der Waals surface area contributed by atoms with Gasteiger partial charge in [-0.05, 0) is 24.6 Å². The smallest absolute Gasteiger partial charge is 0.240 e. The summed E-state index contributed by atoms with van der Waals surface area (Å²) in [6, 6.07) is 4.68. The second-order valence-corrected chi connectivity index (χ2v) is 7.45. The number of likely N-dealkylation sites (tertiary alicyclic amines) is 1. The fourth-order valence-corrected chi connectivity index (χ4v) is 3.84. The number of hydrogen-bond acceptors (Lipinski definition) is 5. The van der Waals surface area contributed by atoms with Crippen LogP contribution in [-0.4, -0.2) is 51.4 Å². The van der Waals surface area contributed by atoms with Gasteiger partial charge < -0.3 is 4.74 Å². The van der Waals surface area contributed by atoms with Crippen LogP contribution < -0.4 is 4.72 Å². The molecule has 1 aliphatic rings. The minimum Gasteiger partial charge on any atom is -0.378 e. The van der Waals surface area contributed by atoms with Crippen molar-refractivity contribution in [2.75, 3.05) is 26.3 Å². The maximum atomic E-state index is 12.2. The van der Waals surface area contributed by atoms with Crippen LogP contribution in [0.1, 0.15) is 18.4 Å². The van der Waals surface area contributed by atoms with E-state index in [-0.39, 0.29) is 55.9 Å². The molecule has 1 saturated heterocycles. The number of nitrogens with one attached hydrogen (secondary N) is 1. The molecular weight excluding hydrogens is 356 g/mol. The number of carbonyl (C=O) groups is 2. The predicted molar refractivity (Wildman–Crippen MR) is 88.2 cm³/mol. The number of benzene rings is 1. The van der Waals surface area contributed by atoms with Crippen LogP contribution >= 0.6 is 11.6 Å². The van der Waals surface area contributed by atoms with Crippen molar-refractivity contribution in [1.82, 2.24) is 9.62 Å². The number of nitrogens with zero attached hydrogens (tertiary/aromatic N) is 1. The zero-order chi connectivity index (χ0) is 17.7. The molecule has 24 heavy (non-hydrogen) atoms. The molecule has 2 rings (SSSR count). The molecule has 1 fully saturated rings. The van der Waals surface area contributed by atoms with Crippen LogP contribution in [0.25, 0.3) is 0 Å². The Hall–Kier alpha value is -1.48. The average Bonchev–Trinajstić information content (AvgIpc) is 2.84. The van der Waals surface area contributed by atoms with Gasteiger partial charge in [0.25, 0.3) is 0 Å². The minimum absolute atomic E-state index is 0.0795. The van der Waals surface area contributed by atoms with Crippen LogP contribution in [0.4, 0.5) is 0 Å². The SMILES string of the molecule is Cc1c(Cl)cccc1S(=O)(=O)NCCOCCN1C(=O)CCC1=O. The first-order chi connectivity index (χ1) is 11.3. The number of carbonyl (C=O) groups excluding carboxylic acids is 2. The molecular formula is C15H19ClN2O5S. The van der Waals surface area contributed by atoms with Gasteiger partial charge in [0.2, 0.25) is 21.8 Å². The quantitative estimate of drug-likeness (QED) is 0.543. The number of imide groups is 1. The van der Waals surface area contributed by atoms with Crippen LogP contribution in [0.3, 0.4) is 0 Å². The molecule has 0 bridgehead atoms. The van der Waals surface area contributed by atoms with E-state index in [9.17, 15) is 18.0 Å². The van der Waals surface area contributed by atoms with E-state index >= 15 is 0 Å². The van der Waals surface area contributed by atoms with E-state index in [1.54, 1.807) is 19.1 Å². The van der Waals surface area contributed by atoms with Gasteiger partial charge in [-0.25, -0.2) is 13.1 Å². The Balaban J connectivity index is 1.75. The second-order valence-electron chi connectivity index (χ2n) is 5.31. The van der Waals surface area contributed by atoms with E-state index in [4.69, 9.17) is 16.3 Å². The highest BCUT2D eigenvalue weighted by Crippen LogP contribution is 2.22. The van der Waals surface area contributed by atoms with E-state index < -0.39 is 10.0 Å². The first kappa shape index (κ1) is 18.9. The van der Waals surface area contributed by atoms with Crippen LogP contribution in [0.2, 0.25) is 5.02 Å². The maximum absolute atomic E-state index is 12.2. The molecule has 0 unspecified atom stereocenters. The lowest BCUT2D eigenvalue weighted by molar-refractivity contribution is -0.139. The van der Waals surface area contributed by atoms with Crippen molar-refractivity contribution in [3.05, 3.63) is 28.8 Å². The fourth-order valence-electron chi connectivity index (χ4n) is 2.33. The van der Waals surface area contributed by atoms with Crippen molar-refractivity contribution in [2.24, 2.45) is 0 Å². The van der Waals surface area contributed by atoms with Crippen molar-refractivity contribution >= 4 is 33.4 Å². The monoisotopic (exact) mass is 374 g/mol. The highest BCUT2D eigenvalue weighted by molar-refractivity contribution is 7.89. The Labute approximate surface area is 146 Å². The molecule has 7 nitrogen and oxygen atoms in total. The molecule has 0 atom stereocenters. The summed E-state index contributed by atoms with van der Waals surface area (Å²) in [5.41, 5.74) is 0.485. The van der Waals surface area contributed by atoms with Crippen molar-refractivity contribution in [2.45, 2.75) is 24.7 Å². The first-order valence-corrected chi connectivity index (χ1v) is 9.35. The summed E-state index contributed by atoms with van der Waals surface area (Å²) < 4.78 is 32.1. The molecule has 1 aliphatic heterocycles. The third-order valence-electron chi connectivity index (χ3n) is 3.66. The summed E-state index contributed by atoms with van der Waals surface area (Å²) in [5.74, 6) is -0.388. The third-order valence-corrected chi connectivity index (χ3v) is 5.67. The standard InChI is InChI=1S/C15H19ClN2O5S/c1-11-12(16)3-2-4-13(11)24(21,22)17-7-9-23-10-8-18-14(19)5-6-15(18)20/h2-4,17H,5-10H2,1H3. The van der Waals surface area contributed by atoms with E-state index in [2.05, 4.69) is 4.72 Å². The molecule has 0 aromatic heterocycles. The van der Waals surface area contributed by atoms with E-state index in [1.165, 1.54) is 11.0 Å². The zero-order valence-electron chi connectivity index (χ0n) is 13.2. The van der Waals surface area contributed by atoms with Gasteiger partial charge in [0.05, 0.1) is 24.7 Å². The molecule has 0 spiro atoms.